The number of fused-ring (bicyclic) bond motifs is 1. The zero-order chi connectivity index (χ0) is 12.4. The van der Waals surface area contributed by atoms with Crippen LogP contribution in [0, 0.1) is 0 Å². The molecule has 1 aliphatic heterocycles. The average Bonchev–Trinajstić information content (AvgIpc) is 2.42. The van der Waals surface area contributed by atoms with Crippen LogP contribution in [0.2, 0.25) is 0 Å². The largest absolute Gasteiger partial charge is 0.307 e. The van der Waals surface area contributed by atoms with Gasteiger partial charge in [0.05, 0.1) is 0 Å². The number of rotatable bonds is 2. The number of nitrogens with one attached hydrogen (secondary N) is 1. The van der Waals surface area contributed by atoms with Crippen molar-refractivity contribution in [3.63, 3.8) is 0 Å². The monoisotopic (exact) mass is 263 g/mol. The van der Waals surface area contributed by atoms with E-state index in [2.05, 4.69) is 29.6 Å². The smallest absolute Gasteiger partial charge is 0.0325 e. The first-order chi connectivity index (χ1) is 8.83. The van der Waals surface area contributed by atoms with Crippen LogP contribution in [-0.4, -0.2) is 21.8 Å². The standard InChI is InChI=1S/C15H21NOS/c17-18-10-8-13(9-11-18)16-15-7-3-5-12-4-1-2-6-14(12)15/h1-2,4,6,13,15-16H,3,5,7-11H2. The molecule has 2 aliphatic rings. The van der Waals surface area contributed by atoms with E-state index in [1.165, 1.54) is 30.4 Å². The van der Waals surface area contributed by atoms with E-state index in [1.54, 1.807) is 0 Å². The molecule has 1 N–H and O–H groups in total. The van der Waals surface area contributed by atoms with Gasteiger partial charge in [0.15, 0.2) is 0 Å². The van der Waals surface area contributed by atoms with Crippen molar-refractivity contribution in [2.24, 2.45) is 0 Å². The number of hydrogen-bond donors (Lipinski definition) is 1. The van der Waals surface area contributed by atoms with E-state index in [1.807, 2.05) is 0 Å². The third-order valence-corrected chi connectivity index (χ3v) is 5.58. The Kier molecular flexibility index (Phi) is 3.80. The zero-order valence-electron chi connectivity index (χ0n) is 10.7. The summed E-state index contributed by atoms with van der Waals surface area (Å²) >= 11 is 0. The van der Waals surface area contributed by atoms with E-state index in [9.17, 15) is 4.21 Å². The van der Waals surface area contributed by atoms with Gasteiger partial charge in [-0.1, -0.05) is 24.3 Å². The first-order valence-corrected chi connectivity index (χ1v) is 8.50. The highest BCUT2D eigenvalue weighted by molar-refractivity contribution is 7.85. The van der Waals surface area contributed by atoms with Gasteiger partial charge in [0, 0.05) is 34.4 Å². The Bertz CT molecular complexity index is 436. The van der Waals surface area contributed by atoms with Crippen molar-refractivity contribution in [3.8, 4) is 0 Å². The van der Waals surface area contributed by atoms with Crippen LogP contribution >= 0.6 is 0 Å². The lowest BCUT2D eigenvalue weighted by Gasteiger charge is -2.32. The first kappa shape index (κ1) is 12.4. The summed E-state index contributed by atoms with van der Waals surface area (Å²) in [6.07, 6.45) is 5.91. The molecule has 0 bridgehead atoms. The number of hydrogen-bond acceptors (Lipinski definition) is 2. The lowest BCUT2D eigenvalue weighted by molar-refractivity contribution is 0.376. The van der Waals surface area contributed by atoms with Gasteiger partial charge in [-0.2, -0.15) is 0 Å². The second-order valence-corrected chi connectivity index (χ2v) is 7.13. The third kappa shape index (κ3) is 2.67. The Balaban J connectivity index is 1.69. The van der Waals surface area contributed by atoms with E-state index < -0.39 is 10.8 Å². The maximum absolute atomic E-state index is 11.4. The summed E-state index contributed by atoms with van der Waals surface area (Å²) in [6.45, 7) is 0. The van der Waals surface area contributed by atoms with Crippen molar-refractivity contribution in [1.82, 2.24) is 5.32 Å². The molecule has 1 heterocycles. The topological polar surface area (TPSA) is 29.1 Å². The zero-order valence-corrected chi connectivity index (χ0v) is 11.5. The van der Waals surface area contributed by atoms with Crippen LogP contribution in [0.3, 0.4) is 0 Å². The third-order valence-electron chi connectivity index (χ3n) is 4.19. The molecule has 1 unspecified atom stereocenters. The minimum Gasteiger partial charge on any atom is -0.307 e. The van der Waals surface area contributed by atoms with E-state index in [4.69, 9.17) is 0 Å². The average molecular weight is 263 g/mol. The fourth-order valence-corrected chi connectivity index (χ4v) is 4.47. The molecule has 3 rings (SSSR count). The van der Waals surface area contributed by atoms with Crippen molar-refractivity contribution in [2.75, 3.05) is 11.5 Å². The fourth-order valence-electron chi connectivity index (χ4n) is 3.17. The summed E-state index contributed by atoms with van der Waals surface area (Å²) < 4.78 is 11.4. The molecule has 98 valence electrons. The number of aryl methyl sites for hydroxylation is 1. The van der Waals surface area contributed by atoms with E-state index in [-0.39, 0.29) is 0 Å². The first-order valence-electron chi connectivity index (χ1n) is 7.02. The lowest BCUT2D eigenvalue weighted by Crippen LogP contribution is -2.39. The maximum atomic E-state index is 11.4. The Morgan fingerprint density at radius 2 is 1.89 bits per heavy atom. The lowest BCUT2D eigenvalue weighted by atomic mass is 9.87. The van der Waals surface area contributed by atoms with Gasteiger partial charge in [-0.25, -0.2) is 0 Å². The van der Waals surface area contributed by atoms with Crippen LogP contribution in [0.1, 0.15) is 42.9 Å². The summed E-state index contributed by atoms with van der Waals surface area (Å²) in [5, 5.41) is 3.80. The minimum absolute atomic E-state index is 0.520. The van der Waals surface area contributed by atoms with Gasteiger partial charge >= 0.3 is 0 Å². The van der Waals surface area contributed by atoms with Gasteiger partial charge < -0.3 is 5.32 Å². The molecule has 1 aliphatic carbocycles. The molecule has 0 radical (unpaired) electrons. The highest BCUT2D eigenvalue weighted by atomic mass is 32.2. The van der Waals surface area contributed by atoms with Crippen LogP contribution in [-0.2, 0) is 17.2 Å². The SMILES string of the molecule is O=S1CCC(NC2CCCc3ccccc32)CC1. The predicted molar refractivity (Wildman–Crippen MR) is 76.2 cm³/mol. The molecule has 3 heteroatoms. The Morgan fingerprint density at radius 1 is 1.11 bits per heavy atom. The van der Waals surface area contributed by atoms with Crippen molar-refractivity contribution in [2.45, 2.75) is 44.2 Å². The van der Waals surface area contributed by atoms with Gasteiger partial charge in [-0.15, -0.1) is 0 Å². The quantitative estimate of drug-likeness (QED) is 0.888. The molecular formula is C15H21NOS. The molecule has 0 spiro atoms. The summed E-state index contributed by atoms with van der Waals surface area (Å²) in [6, 6.07) is 9.91. The van der Waals surface area contributed by atoms with Gasteiger partial charge in [-0.3, -0.25) is 4.21 Å². The van der Waals surface area contributed by atoms with Gasteiger partial charge in [0.25, 0.3) is 0 Å². The second kappa shape index (κ2) is 5.54. The summed E-state index contributed by atoms with van der Waals surface area (Å²) in [5.74, 6) is 1.76. The number of benzene rings is 1. The van der Waals surface area contributed by atoms with Crippen LogP contribution in [0.4, 0.5) is 0 Å². The van der Waals surface area contributed by atoms with E-state index in [0.717, 1.165) is 24.3 Å². The highest BCUT2D eigenvalue weighted by Crippen LogP contribution is 2.30. The second-order valence-electron chi connectivity index (χ2n) is 5.43. The molecule has 0 aromatic heterocycles. The molecule has 2 nitrogen and oxygen atoms in total. The van der Waals surface area contributed by atoms with Crippen LogP contribution < -0.4 is 5.32 Å². The van der Waals surface area contributed by atoms with E-state index >= 15 is 0 Å². The molecule has 0 amide bonds. The maximum Gasteiger partial charge on any atom is 0.0325 e. The van der Waals surface area contributed by atoms with Crippen molar-refractivity contribution in [3.05, 3.63) is 35.4 Å². The van der Waals surface area contributed by atoms with Crippen LogP contribution in [0.5, 0.6) is 0 Å². The summed E-state index contributed by atoms with van der Waals surface area (Å²) in [7, 11) is -0.553. The Hall–Kier alpha value is -0.670. The summed E-state index contributed by atoms with van der Waals surface area (Å²) in [4.78, 5) is 0. The van der Waals surface area contributed by atoms with Crippen molar-refractivity contribution in [1.29, 1.82) is 0 Å². The van der Waals surface area contributed by atoms with Gasteiger partial charge in [0.2, 0.25) is 0 Å². The molecule has 1 saturated heterocycles. The van der Waals surface area contributed by atoms with Crippen molar-refractivity contribution >= 4 is 10.8 Å². The fraction of sp³-hybridized carbons (Fsp3) is 0.600. The minimum atomic E-state index is -0.553. The highest BCUT2D eigenvalue weighted by Gasteiger charge is 2.24. The van der Waals surface area contributed by atoms with Gasteiger partial charge in [-0.05, 0) is 43.2 Å². The normalized spacial score (nSPS) is 31.9. The molecule has 0 saturated carbocycles. The molecular weight excluding hydrogens is 242 g/mol. The molecule has 1 fully saturated rings. The molecule has 18 heavy (non-hydrogen) atoms. The Morgan fingerprint density at radius 3 is 2.72 bits per heavy atom. The van der Waals surface area contributed by atoms with E-state index in [0.29, 0.717) is 12.1 Å². The molecule has 1 aromatic carbocycles. The van der Waals surface area contributed by atoms with Crippen LogP contribution in [0.25, 0.3) is 0 Å². The van der Waals surface area contributed by atoms with Crippen molar-refractivity contribution < 1.29 is 4.21 Å². The predicted octanol–water partition coefficient (Wildman–Crippen LogP) is 2.56. The van der Waals surface area contributed by atoms with Crippen LogP contribution in [0.15, 0.2) is 24.3 Å². The molecule has 1 aromatic rings. The van der Waals surface area contributed by atoms with Gasteiger partial charge in [0.1, 0.15) is 0 Å². The molecule has 1 atom stereocenters. The Labute approximate surface area is 112 Å². The summed E-state index contributed by atoms with van der Waals surface area (Å²) in [5.41, 5.74) is 3.01.